The molecular weight excluding hydrogens is 868 g/mol. The molecule has 1 amide bonds. The molecule has 1 atom stereocenters. The van der Waals surface area contributed by atoms with Crippen LogP contribution < -0.4 is 25.2 Å². The summed E-state index contributed by atoms with van der Waals surface area (Å²) in [4.78, 5) is 47.1. The van der Waals surface area contributed by atoms with Gasteiger partial charge < -0.3 is 24.5 Å². The highest BCUT2D eigenvalue weighted by Crippen LogP contribution is 2.34. The molecule has 65 heavy (non-hydrogen) atoms. The molecule has 0 aliphatic rings. The lowest BCUT2D eigenvalue weighted by atomic mass is 10.0. The fourth-order valence-electron chi connectivity index (χ4n) is 7.72. The van der Waals surface area contributed by atoms with Gasteiger partial charge in [-0.15, -0.1) is 0 Å². The van der Waals surface area contributed by atoms with Crippen molar-refractivity contribution >= 4 is 44.7 Å². The largest absolute Gasteiger partial charge is 0.491 e. The Bertz CT molecular complexity index is 2450. The summed E-state index contributed by atoms with van der Waals surface area (Å²) in [5, 5.41) is 14.5. The van der Waals surface area contributed by atoms with Gasteiger partial charge in [0.15, 0.2) is 6.04 Å². The van der Waals surface area contributed by atoms with Crippen LogP contribution in [0.2, 0.25) is 5.02 Å². The van der Waals surface area contributed by atoms with Gasteiger partial charge in [-0.3, -0.25) is 18.9 Å². The van der Waals surface area contributed by atoms with E-state index in [2.05, 4.69) is 21.9 Å². The number of aryl methyl sites for hydroxylation is 1. The number of amides is 1. The predicted molar refractivity (Wildman–Crippen MR) is 256 cm³/mol. The lowest BCUT2D eigenvalue weighted by molar-refractivity contribution is -0.118. The van der Waals surface area contributed by atoms with E-state index in [-0.39, 0.29) is 58.4 Å². The maximum Gasteiger partial charge on any atom is 0.335 e. The van der Waals surface area contributed by atoms with Crippen molar-refractivity contribution < 1.29 is 32.6 Å². The van der Waals surface area contributed by atoms with E-state index in [4.69, 9.17) is 21.1 Å². The van der Waals surface area contributed by atoms with Crippen molar-refractivity contribution in [2.45, 2.75) is 134 Å². The molecular formula is C49H65ClN6O8S. The minimum Gasteiger partial charge on any atom is -0.491 e. The Labute approximate surface area is 388 Å². The van der Waals surface area contributed by atoms with Gasteiger partial charge in [-0.1, -0.05) is 157 Å². The molecule has 0 spiro atoms. The number of hydrogen-bond donors (Lipinski definition) is 3. The van der Waals surface area contributed by atoms with E-state index in [1.807, 2.05) is 6.07 Å². The Kier molecular flexibility index (Phi) is 20.0. The zero-order valence-corrected chi connectivity index (χ0v) is 39.5. The molecule has 2 heterocycles. The molecule has 352 valence electrons. The topological polar surface area (TPSA) is 176 Å². The van der Waals surface area contributed by atoms with Gasteiger partial charge in [0, 0.05) is 7.05 Å². The number of nitrogens with one attached hydrogen (secondary N) is 2. The van der Waals surface area contributed by atoms with Crippen LogP contribution in [0.15, 0.2) is 95.0 Å². The second-order valence-electron chi connectivity index (χ2n) is 16.3. The Morgan fingerprint density at radius 1 is 0.785 bits per heavy atom. The molecule has 0 aliphatic heterocycles. The van der Waals surface area contributed by atoms with Crippen molar-refractivity contribution in [3.63, 3.8) is 0 Å². The van der Waals surface area contributed by atoms with E-state index < -0.39 is 39.3 Å². The number of anilines is 2. The number of nitrogens with zero attached hydrogens (tertiary/aromatic N) is 4. The summed E-state index contributed by atoms with van der Waals surface area (Å²) in [6.45, 7) is 4.20. The second kappa shape index (κ2) is 25.8. The lowest BCUT2D eigenvalue weighted by Gasteiger charge is -2.20. The number of sulfonamides is 1. The number of aromatic hydroxyl groups is 1. The molecule has 3 N–H and O–H groups in total. The van der Waals surface area contributed by atoms with E-state index in [9.17, 15) is 27.9 Å². The van der Waals surface area contributed by atoms with E-state index in [1.165, 1.54) is 118 Å². The number of para-hydroxylation sites is 1. The van der Waals surface area contributed by atoms with Gasteiger partial charge in [-0.05, 0) is 49.2 Å². The first-order valence-corrected chi connectivity index (χ1v) is 24.9. The third-order valence-electron chi connectivity index (χ3n) is 11.3. The first-order chi connectivity index (χ1) is 31.5. The van der Waals surface area contributed by atoms with Crippen molar-refractivity contribution in [1.82, 2.24) is 18.7 Å². The molecule has 0 bridgehead atoms. The van der Waals surface area contributed by atoms with Crippen LogP contribution in [-0.4, -0.2) is 57.1 Å². The SMILES string of the molecule is CCCCCCCCCCCCCCCCCCOc1ccc(S(=O)(=O)Nc2ccccc2Cl)cc1NC(=O)C(C(=O)c1cncn1C)n1c(O)c(OCC)n(Cc2ccccc2)c1=O. The summed E-state index contributed by atoms with van der Waals surface area (Å²) >= 11 is 6.28. The second-order valence-corrected chi connectivity index (χ2v) is 18.4. The molecule has 0 saturated carbocycles. The van der Waals surface area contributed by atoms with Crippen LogP contribution in [0, 0.1) is 0 Å². The molecule has 5 rings (SSSR count). The van der Waals surface area contributed by atoms with Gasteiger partial charge in [0.1, 0.15) is 11.4 Å². The summed E-state index contributed by atoms with van der Waals surface area (Å²) in [6, 6.07) is 17.3. The van der Waals surface area contributed by atoms with Crippen LogP contribution in [0.4, 0.5) is 11.4 Å². The number of halogens is 1. The van der Waals surface area contributed by atoms with Crippen LogP contribution in [0.3, 0.4) is 0 Å². The minimum atomic E-state index is -4.28. The fourth-order valence-corrected chi connectivity index (χ4v) is 9.06. The summed E-state index contributed by atoms with van der Waals surface area (Å²) in [6.07, 6.45) is 22.1. The summed E-state index contributed by atoms with van der Waals surface area (Å²) in [5.74, 6) is -2.79. The monoisotopic (exact) mass is 932 g/mol. The van der Waals surface area contributed by atoms with Gasteiger partial charge in [0.2, 0.25) is 5.78 Å². The summed E-state index contributed by atoms with van der Waals surface area (Å²) in [7, 11) is -2.73. The average Bonchev–Trinajstić information content (AvgIpc) is 3.82. The number of ketones is 1. The fraction of sp³-hybridized carbons (Fsp3) is 0.469. The Hall–Kier alpha value is -5.54. The van der Waals surface area contributed by atoms with Crippen LogP contribution in [-0.2, 0) is 28.4 Å². The average molecular weight is 934 g/mol. The number of unbranched alkanes of at least 4 members (excludes halogenated alkanes) is 15. The van der Waals surface area contributed by atoms with Gasteiger partial charge in [0.05, 0.1) is 53.6 Å². The molecule has 0 radical (unpaired) electrons. The number of rotatable bonds is 30. The number of carbonyl (C=O) groups is 2. The quantitative estimate of drug-likeness (QED) is 0.0230. The minimum absolute atomic E-state index is 0.0366. The zero-order chi connectivity index (χ0) is 46.6. The van der Waals surface area contributed by atoms with Crippen LogP contribution in [0.5, 0.6) is 17.5 Å². The van der Waals surface area contributed by atoms with Crippen LogP contribution in [0.25, 0.3) is 0 Å². The highest BCUT2D eigenvalue weighted by molar-refractivity contribution is 7.92. The Morgan fingerprint density at radius 2 is 1.38 bits per heavy atom. The Morgan fingerprint density at radius 3 is 1.97 bits per heavy atom. The third kappa shape index (κ3) is 14.5. The summed E-state index contributed by atoms with van der Waals surface area (Å²) < 4.78 is 45.1. The van der Waals surface area contributed by atoms with Crippen molar-refractivity contribution in [2.75, 3.05) is 23.3 Å². The molecule has 2 aromatic heterocycles. The predicted octanol–water partition coefficient (Wildman–Crippen LogP) is 10.7. The standard InChI is InChI=1S/C49H65ClN6O8S/c1-4-6-7-8-9-10-11-12-13-14-15-16-17-18-19-25-32-64-43-31-30-38(65(61,62)53-40-29-24-23-28-39(40)50)33-41(43)52-46(58)44(45(57)42-34-51-36-54(42)3)56-47(59)48(63-5-2)55(49(56)60)35-37-26-21-20-22-27-37/h20-24,26-31,33-34,36,44,53,59H,4-19,25,32,35H2,1-3H3,(H,52,58). The molecule has 16 heteroatoms. The number of benzene rings is 3. The maximum absolute atomic E-state index is 14.7. The van der Waals surface area contributed by atoms with E-state index in [0.29, 0.717) is 16.6 Å². The Balaban J connectivity index is 1.34. The van der Waals surface area contributed by atoms with Crippen molar-refractivity contribution in [3.05, 3.63) is 112 Å². The molecule has 3 aromatic carbocycles. The van der Waals surface area contributed by atoms with Crippen molar-refractivity contribution in [3.8, 4) is 17.5 Å². The van der Waals surface area contributed by atoms with E-state index in [0.717, 1.165) is 23.8 Å². The first kappa shape index (κ1) is 50.5. The zero-order valence-electron chi connectivity index (χ0n) is 38.0. The third-order valence-corrected chi connectivity index (χ3v) is 13.0. The molecule has 14 nitrogen and oxygen atoms in total. The molecule has 0 aliphatic carbocycles. The van der Waals surface area contributed by atoms with Gasteiger partial charge in [0.25, 0.3) is 27.7 Å². The molecule has 0 saturated heterocycles. The van der Waals surface area contributed by atoms with Crippen LogP contribution in [0.1, 0.15) is 139 Å². The van der Waals surface area contributed by atoms with Gasteiger partial charge in [-0.25, -0.2) is 22.8 Å². The van der Waals surface area contributed by atoms with Crippen molar-refractivity contribution in [1.29, 1.82) is 0 Å². The number of ether oxygens (including phenoxy) is 2. The lowest BCUT2D eigenvalue weighted by Crippen LogP contribution is -2.39. The molecule has 1 unspecified atom stereocenters. The van der Waals surface area contributed by atoms with Gasteiger partial charge >= 0.3 is 5.69 Å². The first-order valence-electron chi connectivity index (χ1n) is 23.0. The molecule has 0 fully saturated rings. The summed E-state index contributed by atoms with van der Waals surface area (Å²) in [5.41, 5.74) is -0.180. The highest BCUT2D eigenvalue weighted by atomic mass is 35.5. The molecule has 5 aromatic rings. The number of carbonyl (C=O) groups excluding carboxylic acids is 2. The van der Waals surface area contributed by atoms with Crippen molar-refractivity contribution in [2.24, 2.45) is 7.05 Å². The van der Waals surface area contributed by atoms with E-state index in [1.54, 1.807) is 56.4 Å². The van der Waals surface area contributed by atoms with Crippen LogP contribution >= 0.6 is 11.6 Å². The highest BCUT2D eigenvalue weighted by Gasteiger charge is 2.38. The van der Waals surface area contributed by atoms with E-state index >= 15 is 0 Å². The smallest absolute Gasteiger partial charge is 0.335 e. The normalized spacial score (nSPS) is 11.9. The number of aromatic nitrogens is 4. The number of Topliss-reactive ketones (excluding diaryl/α,β-unsaturated/α-hetero) is 1. The van der Waals surface area contributed by atoms with Gasteiger partial charge in [-0.2, -0.15) is 0 Å². The number of imidazole rings is 2. The maximum atomic E-state index is 14.7. The number of hydrogen-bond acceptors (Lipinski definition) is 9.